The third kappa shape index (κ3) is 19.1. The normalized spacial score (nSPS) is 12.4. The highest BCUT2D eigenvalue weighted by molar-refractivity contribution is 7.89. The van der Waals surface area contributed by atoms with Gasteiger partial charge in [0.25, 0.3) is 0 Å². The fraction of sp³-hybridized carbons (Fsp3) is 0.722. The molecule has 0 radical (unpaired) electrons. The highest BCUT2D eigenvalue weighted by atomic mass is 32.2. The average molecular weight is 648 g/mol. The minimum absolute atomic E-state index is 0.0173. The number of rotatable bonds is 28. The van der Waals surface area contributed by atoms with Gasteiger partial charge in [0.05, 0.1) is 5.75 Å². The Kier molecular flexibility index (Phi) is 21.6. The largest absolute Gasteiger partial charge is 0.447 e. The van der Waals surface area contributed by atoms with E-state index in [-0.39, 0.29) is 18.9 Å². The number of amides is 1. The van der Waals surface area contributed by atoms with Gasteiger partial charge in [-0.3, -0.25) is 4.98 Å². The van der Waals surface area contributed by atoms with Crippen LogP contribution >= 0.6 is 0 Å². The Morgan fingerprint density at radius 1 is 0.800 bits per heavy atom. The summed E-state index contributed by atoms with van der Waals surface area (Å²) in [5, 5.41) is 5.03. The summed E-state index contributed by atoms with van der Waals surface area (Å²) in [6.07, 6.45) is 23.7. The second kappa shape index (κ2) is 24.9. The van der Waals surface area contributed by atoms with Crippen LogP contribution in [0.2, 0.25) is 0 Å². The lowest BCUT2D eigenvalue weighted by molar-refractivity contribution is 0.0384. The maximum Gasteiger partial charge on any atom is 0.407 e. The van der Waals surface area contributed by atoms with Crippen LogP contribution in [0.1, 0.15) is 128 Å². The Hall–Kier alpha value is -2.23. The number of benzene rings is 1. The average Bonchev–Trinajstić information content (AvgIpc) is 3.04. The Bertz CT molecular complexity index is 1140. The highest BCUT2D eigenvalue weighted by Gasteiger charge is 2.16. The van der Waals surface area contributed by atoms with E-state index >= 15 is 0 Å². The third-order valence-electron chi connectivity index (χ3n) is 8.40. The van der Waals surface area contributed by atoms with Crippen molar-refractivity contribution in [1.82, 2.24) is 15.0 Å². The fourth-order valence-corrected chi connectivity index (χ4v) is 6.72. The predicted octanol–water partition coefficient (Wildman–Crippen LogP) is 8.48. The molecular formula is C36H61N3O5S. The minimum atomic E-state index is -3.47. The second-order valence-electron chi connectivity index (χ2n) is 12.3. The number of nitrogens with one attached hydrogen (secondary N) is 2. The van der Waals surface area contributed by atoms with Gasteiger partial charge in [-0.2, -0.15) is 0 Å². The molecule has 0 aliphatic rings. The number of ether oxygens (including phenoxy) is 2. The maximum atomic E-state index is 12.5. The number of sulfonamides is 1. The molecule has 2 aromatic rings. The summed E-state index contributed by atoms with van der Waals surface area (Å²) in [4.78, 5) is 16.5. The fourth-order valence-electron chi connectivity index (χ4n) is 5.55. The molecule has 1 aromatic heterocycles. The summed E-state index contributed by atoms with van der Waals surface area (Å²) in [5.41, 5.74) is 0.989. The van der Waals surface area contributed by atoms with Crippen LogP contribution in [-0.2, 0) is 25.9 Å². The molecule has 1 heterocycles. The first kappa shape index (κ1) is 39.0. The molecule has 1 atom stereocenters. The van der Waals surface area contributed by atoms with Crippen molar-refractivity contribution in [2.75, 3.05) is 32.6 Å². The molecule has 2 N–H and O–H groups in total. The number of carbonyl (C=O) groups excluding carboxylic acids is 1. The smallest absolute Gasteiger partial charge is 0.407 e. The van der Waals surface area contributed by atoms with Crippen molar-refractivity contribution in [2.24, 2.45) is 0 Å². The second-order valence-corrected chi connectivity index (χ2v) is 14.2. The van der Waals surface area contributed by atoms with Crippen molar-refractivity contribution in [3.8, 4) is 0 Å². The van der Waals surface area contributed by atoms with Crippen LogP contribution in [0.15, 0.2) is 36.5 Å². The van der Waals surface area contributed by atoms with Crippen molar-refractivity contribution in [3.63, 3.8) is 0 Å². The summed E-state index contributed by atoms with van der Waals surface area (Å²) >= 11 is 0. The number of hydrogen-bond donors (Lipinski definition) is 2. The molecule has 0 aliphatic heterocycles. The number of aryl methyl sites for hydroxylation is 1. The molecule has 0 spiro atoms. The number of alkyl carbamates (subject to hydrolysis) is 1. The molecule has 0 bridgehead atoms. The van der Waals surface area contributed by atoms with Gasteiger partial charge in [-0.15, -0.1) is 0 Å². The van der Waals surface area contributed by atoms with Crippen LogP contribution in [0.4, 0.5) is 4.79 Å². The lowest BCUT2D eigenvalue weighted by Crippen LogP contribution is -2.38. The van der Waals surface area contributed by atoms with Gasteiger partial charge in [0, 0.05) is 37.5 Å². The van der Waals surface area contributed by atoms with Gasteiger partial charge < -0.3 is 14.8 Å². The predicted molar refractivity (Wildman–Crippen MR) is 186 cm³/mol. The van der Waals surface area contributed by atoms with Gasteiger partial charge in [0.1, 0.15) is 12.7 Å². The van der Waals surface area contributed by atoms with Gasteiger partial charge in [-0.25, -0.2) is 17.9 Å². The molecule has 2 rings (SSSR count). The SMILES string of the molecule is CCCCCCCCCCCCCCCCCCNC(=O)OCC(CNS(=O)(=O)CCCCc1nccc2ccccc12)OC. The monoisotopic (exact) mass is 647 g/mol. The van der Waals surface area contributed by atoms with E-state index in [0.29, 0.717) is 13.0 Å². The first-order chi connectivity index (χ1) is 21.9. The molecule has 1 aromatic carbocycles. The van der Waals surface area contributed by atoms with E-state index in [1.807, 2.05) is 24.3 Å². The Morgan fingerprint density at radius 3 is 2.02 bits per heavy atom. The van der Waals surface area contributed by atoms with Crippen molar-refractivity contribution >= 4 is 26.9 Å². The molecule has 9 heteroatoms. The van der Waals surface area contributed by atoms with Crippen molar-refractivity contribution in [3.05, 3.63) is 42.2 Å². The van der Waals surface area contributed by atoms with Gasteiger partial charge in [-0.1, -0.05) is 128 Å². The molecule has 0 saturated heterocycles. The molecule has 0 saturated carbocycles. The summed E-state index contributed by atoms with van der Waals surface area (Å²) in [6, 6.07) is 10.1. The quantitative estimate of drug-likeness (QED) is 0.0898. The van der Waals surface area contributed by atoms with Crippen LogP contribution in [0.25, 0.3) is 10.8 Å². The molecule has 0 aliphatic carbocycles. The van der Waals surface area contributed by atoms with Crippen LogP contribution in [0.5, 0.6) is 0 Å². The van der Waals surface area contributed by atoms with Crippen LogP contribution in [-0.4, -0.2) is 58.2 Å². The minimum Gasteiger partial charge on any atom is -0.447 e. The van der Waals surface area contributed by atoms with Crippen molar-refractivity contribution in [2.45, 2.75) is 135 Å². The summed E-state index contributed by atoms with van der Waals surface area (Å²) in [6.45, 7) is 2.88. The number of nitrogens with zero attached hydrogens (tertiary/aromatic N) is 1. The molecule has 256 valence electrons. The van der Waals surface area contributed by atoms with Crippen LogP contribution < -0.4 is 10.0 Å². The number of aromatic nitrogens is 1. The van der Waals surface area contributed by atoms with Crippen molar-refractivity contribution in [1.29, 1.82) is 0 Å². The Balaban J connectivity index is 1.42. The first-order valence-corrected chi connectivity index (χ1v) is 19.3. The Morgan fingerprint density at radius 2 is 1.40 bits per heavy atom. The Labute approximate surface area is 273 Å². The van der Waals surface area contributed by atoms with E-state index in [1.54, 1.807) is 6.20 Å². The van der Waals surface area contributed by atoms with Crippen LogP contribution in [0, 0.1) is 0 Å². The number of pyridine rings is 1. The third-order valence-corrected chi connectivity index (χ3v) is 9.83. The zero-order valence-electron chi connectivity index (χ0n) is 28.2. The molecule has 1 amide bonds. The van der Waals surface area contributed by atoms with Gasteiger partial charge >= 0.3 is 6.09 Å². The summed E-state index contributed by atoms with van der Waals surface area (Å²) in [5.74, 6) is 0.0227. The molecular weight excluding hydrogens is 586 g/mol. The zero-order chi connectivity index (χ0) is 32.4. The lowest BCUT2D eigenvalue weighted by Gasteiger charge is -2.16. The van der Waals surface area contributed by atoms with Gasteiger partial charge in [-0.05, 0) is 37.1 Å². The number of hydrogen-bond acceptors (Lipinski definition) is 6. The zero-order valence-corrected chi connectivity index (χ0v) is 29.0. The van der Waals surface area contributed by atoms with Gasteiger partial charge in [0.15, 0.2) is 0 Å². The molecule has 0 fully saturated rings. The van der Waals surface area contributed by atoms with Crippen LogP contribution in [0.3, 0.4) is 0 Å². The molecule has 45 heavy (non-hydrogen) atoms. The topological polar surface area (TPSA) is 107 Å². The number of unbranched alkanes of at least 4 members (excludes halogenated alkanes) is 16. The number of methoxy groups -OCH3 is 1. The molecule has 8 nitrogen and oxygen atoms in total. The highest BCUT2D eigenvalue weighted by Crippen LogP contribution is 2.18. The maximum absolute atomic E-state index is 12.5. The van der Waals surface area contributed by atoms with Gasteiger partial charge in [0.2, 0.25) is 10.0 Å². The van der Waals surface area contributed by atoms with E-state index in [9.17, 15) is 13.2 Å². The van der Waals surface area contributed by atoms with E-state index < -0.39 is 22.2 Å². The van der Waals surface area contributed by atoms with E-state index in [2.05, 4.69) is 28.0 Å². The standard InChI is InChI=1S/C36H61N3O5S/c1-3-4-5-6-7-8-9-10-11-12-13-14-15-16-17-21-27-38-36(40)44-31-33(43-2)30-39-45(41,42)29-22-20-25-35-34-24-19-18-23-32(34)26-28-37-35/h18-19,23-24,26,28,33,39H,3-17,20-22,25,27,29-31H2,1-2H3,(H,38,40). The van der Waals surface area contributed by atoms with E-state index in [1.165, 1.54) is 97.0 Å². The first-order valence-electron chi connectivity index (χ1n) is 17.7. The summed E-state index contributed by atoms with van der Waals surface area (Å²) in [7, 11) is -1.99. The number of fused-ring (bicyclic) bond motifs is 1. The summed E-state index contributed by atoms with van der Waals surface area (Å²) < 4.78 is 38.1. The van der Waals surface area contributed by atoms with E-state index in [4.69, 9.17) is 9.47 Å². The molecule has 1 unspecified atom stereocenters. The lowest BCUT2D eigenvalue weighted by atomic mass is 10.0. The van der Waals surface area contributed by atoms with Crippen molar-refractivity contribution < 1.29 is 22.7 Å². The number of carbonyl (C=O) groups is 1. The van der Waals surface area contributed by atoms with E-state index in [0.717, 1.165) is 42.1 Å².